The number of aryl methyl sites for hydroxylation is 1. The largest absolute Gasteiger partial charge is 0.477 e. The van der Waals surface area contributed by atoms with Crippen molar-refractivity contribution in [1.29, 1.82) is 0 Å². The Hall–Kier alpha value is -3.40. The van der Waals surface area contributed by atoms with E-state index in [0.29, 0.717) is 29.3 Å². The van der Waals surface area contributed by atoms with Crippen molar-refractivity contribution in [3.63, 3.8) is 0 Å². The number of benzene rings is 1. The smallest absolute Gasteiger partial charge is 0.416 e. The molecule has 0 spiro atoms. The van der Waals surface area contributed by atoms with E-state index in [9.17, 15) is 18.0 Å². The zero-order valence-electron chi connectivity index (χ0n) is 19.2. The molecule has 0 amide bonds. The van der Waals surface area contributed by atoms with Crippen LogP contribution in [0.2, 0.25) is 0 Å². The molecule has 10 heteroatoms. The van der Waals surface area contributed by atoms with Crippen molar-refractivity contribution in [2.45, 2.75) is 38.5 Å². The lowest BCUT2D eigenvalue weighted by Crippen LogP contribution is -2.40. The second kappa shape index (κ2) is 10.3. The SMILES string of the molecule is COC(=O)C(C)(Cc1ccc(OCCc2nc(-c3ccc(C(F)(F)F)cc3)oc2C)nc1)OC. The first-order chi connectivity index (χ1) is 16.1. The van der Waals surface area contributed by atoms with Crippen LogP contribution in [-0.4, -0.2) is 42.4 Å². The highest BCUT2D eigenvalue weighted by atomic mass is 19.4. The average molecular weight is 478 g/mol. The molecule has 1 unspecified atom stereocenters. The minimum Gasteiger partial charge on any atom is -0.477 e. The monoisotopic (exact) mass is 478 g/mol. The summed E-state index contributed by atoms with van der Waals surface area (Å²) in [5.74, 6) is 0.720. The molecule has 0 aliphatic rings. The van der Waals surface area contributed by atoms with Crippen molar-refractivity contribution < 1.29 is 36.6 Å². The number of oxazole rings is 1. The van der Waals surface area contributed by atoms with E-state index >= 15 is 0 Å². The fourth-order valence-corrected chi connectivity index (χ4v) is 3.27. The number of aromatic nitrogens is 2. The van der Waals surface area contributed by atoms with E-state index in [-0.39, 0.29) is 18.9 Å². The highest BCUT2D eigenvalue weighted by molar-refractivity contribution is 5.79. The Balaban J connectivity index is 1.58. The van der Waals surface area contributed by atoms with Gasteiger partial charge in [-0.3, -0.25) is 0 Å². The molecule has 2 aromatic heterocycles. The summed E-state index contributed by atoms with van der Waals surface area (Å²) in [6.07, 6.45) is -2.10. The topological polar surface area (TPSA) is 83.7 Å². The molecule has 182 valence electrons. The van der Waals surface area contributed by atoms with Gasteiger partial charge in [0.25, 0.3) is 0 Å². The van der Waals surface area contributed by atoms with Crippen molar-refractivity contribution >= 4 is 5.97 Å². The Labute approximate surface area is 194 Å². The van der Waals surface area contributed by atoms with E-state index in [4.69, 9.17) is 18.6 Å². The second-order valence-corrected chi connectivity index (χ2v) is 7.80. The number of carbonyl (C=O) groups excluding carboxylic acids is 1. The summed E-state index contributed by atoms with van der Waals surface area (Å²) in [5, 5.41) is 0. The number of pyridine rings is 1. The summed E-state index contributed by atoms with van der Waals surface area (Å²) in [7, 11) is 2.74. The van der Waals surface area contributed by atoms with Crippen LogP contribution >= 0.6 is 0 Å². The zero-order valence-corrected chi connectivity index (χ0v) is 19.2. The highest BCUT2D eigenvalue weighted by Gasteiger charge is 2.34. The number of hydrogen-bond donors (Lipinski definition) is 0. The number of nitrogens with zero attached hydrogens (tertiary/aromatic N) is 2. The van der Waals surface area contributed by atoms with E-state index in [1.54, 1.807) is 32.2 Å². The average Bonchev–Trinajstić information content (AvgIpc) is 3.19. The summed E-state index contributed by atoms with van der Waals surface area (Å²) in [4.78, 5) is 20.6. The highest BCUT2D eigenvalue weighted by Crippen LogP contribution is 2.31. The van der Waals surface area contributed by atoms with Gasteiger partial charge in [-0.25, -0.2) is 14.8 Å². The molecule has 0 fully saturated rings. The van der Waals surface area contributed by atoms with E-state index < -0.39 is 23.3 Å². The minimum absolute atomic E-state index is 0.246. The summed E-state index contributed by atoms with van der Waals surface area (Å²) < 4.78 is 59.6. The van der Waals surface area contributed by atoms with Crippen molar-refractivity contribution in [1.82, 2.24) is 9.97 Å². The van der Waals surface area contributed by atoms with Crippen LogP contribution in [0.1, 0.15) is 29.5 Å². The molecule has 0 aliphatic heterocycles. The third kappa shape index (κ3) is 5.93. The molecule has 0 saturated heterocycles. The lowest BCUT2D eigenvalue weighted by atomic mass is 9.97. The van der Waals surface area contributed by atoms with Crippen molar-refractivity contribution in [3.05, 3.63) is 65.2 Å². The molecule has 34 heavy (non-hydrogen) atoms. The zero-order chi connectivity index (χ0) is 24.9. The predicted molar refractivity (Wildman–Crippen MR) is 116 cm³/mol. The van der Waals surface area contributed by atoms with Gasteiger partial charge >= 0.3 is 12.1 Å². The Morgan fingerprint density at radius 1 is 1.09 bits per heavy atom. The van der Waals surface area contributed by atoms with Crippen molar-refractivity contribution in [2.75, 3.05) is 20.8 Å². The van der Waals surface area contributed by atoms with E-state index in [2.05, 4.69) is 9.97 Å². The molecule has 7 nitrogen and oxygen atoms in total. The van der Waals surface area contributed by atoms with Crippen LogP contribution in [0.5, 0.6) is 5.88 Å². The van der Waals surface area contributed by atoms with Gasteiger partial charge in [0.1, 0.15) is 5.76 Å². The fourth-order valence-electron chi connectivity index (χ4n) is 3.27. The van der Waals surface area contributed by atoms with Crippen molar-refractivity contribution in [2.24, 2.45) is 0 Å². The molecule has 3 rings (SSSR count). The number of ether oxygens (including phenoxy) is 3. The van der Waals surface area contributed by atoms with Crippen LogP contribution in [0, 0.1) is 6.92 Å². The van der Waals surface area contributed by atoms with Gasteiger partial charge in [-0.1, -0.05) is 6.07 Å². The maximum Gasteiger partial charge on any atom is 0.416 e. The fraction of sp³-hybridized carbons (Fsp3) is 0.375. The lowest BCUT2D eigenvalue weighted by Gasteiger charge is -2.24. The number of alkyl halides is 3. The third-order valence-corrected chi connectivity index (χ3v) is 5.35. The molecule has 0 bridgehead atoms. The first-order valence-electron chi connectivity index (χ1n) is 10.4. The summed E-state index contributed by atoms with van der Waals surface area (Å²) in [5.41, 5.74) is 0.0177. The van der Waals surface area contributed by atoms with Crippen molar-refractivity contribution in [3.8, 4) is 17.3 Å². The van der Waals surface area contributed by atoms with Crippen LogP contribution in [0.15, 0.2) is 47.0 Å². The normalized spacial score (nSPS) is 13.4. The molecule has 0 radical (unpaired) electrons. The Kier molecular flexibility index (Phi) is 7.61. The lowest BCUT2D eigenvalue weighted by molar-refractivity contribution is -0.163. The van der Waals surface area contributed by atoms with Gasteiger partial charge < -0.3 is 18.6 Å². The van der Waals surface area contributed by atoms with Gasteiger partial charge in [-0.05, 0) is 43.7 Å². The number of carbonyl (C=O) groups is 1. The molecule has 0 saturated carbocycles. The molecule has 0 N–H and O–H groups in total. The number of methoxy groups -OCH3 is 2. The Morgan fingerprint density at radius 2 is 1.79 bits per heavy atom. The second-order valence-electron chi connectivity index (χ2n) is 7.80. The number of hydrogen-bond acceptors (Lipinski definition) is 7. The predicted octanol–water partition coefficient (Wildman–Crippen LogP) is 4.81. The van der Waals surface area contributed by atoms with Gasteiger partial charge in [0.05, 0.1) is 25.0 Å². The molecule has 2 heterocycles. The molecular formula is C24H25F3N2O5. The number of rotatable bonds is 9. The van der Waals surface area contributed by atoms with Gasteiger partial charge in [-0.2, -0.15) is 13.2 Å². The number of halogens is 3. The van der Waals surface area contributed by atoms with E-state index in [1.807, 2.05) is 0 Å². The minimum atomic E-state index is -4.40. The van der Waals surface area contributed by atoms with Gasteiger partial charge in [0, 0.05) is 37.8 Å². The Morgan fingerprint density at radius 3 is 2.35 bits per heavy atom. The van der Waals surface area contributed by atoms with Crippen LogP contribution < -0.4 is 4.74 Å². The number of esters is 1. The van der Waals surface area contributed by atoms with E-state index in [0.717, 1.165) is 17.7 Å². The molecule has 1 aromatic carbocycles. The molecule has 1 atom stereocenters. The quantitative estimate of drug-likeness (QED) is 0.408. The third-order valence-electron chi connectivity index (χ3n) is 5.35. The molecule has 0 aliphatic carbocycles. The molecule has 3 aromatic rings. The summed E-state index contributed by atoms with van der Waals surface area (Å²) >= 11 is 0. The maximum absolute atomic E-state index is 12.7. The maximum atomic E-state index is 12.7. The summed E-state index contributed by atoms with van der Waals surface area (Å²) in [6.45, 7) is 3.64. The molecular weight excluding hydrogens is 453 g/mol. The Bertz CT molecular complexity index is 1110. The van der Waals surface area contributed by atoms with Gasteiger partial charge in [-0.15, -0.1) is 0 Å². The van der Waals surface area contributed by atoms with Crippen LogP contribution in [0.3, 0.4) is 0 Å². The van der Waals surface area contributed by atoms with Crippen LogP contribution in [-0.2, 0) is 33.3 Å². The summed E-state index contributed by atoms with van der Waals surface area (Å²) in [6, 6.07) is 8.11. The van der Waals surface area contributed by atoms with E-state index in [1.165, 1.54) is 26.4 Å². The van der Waals surface area contributed by atoms with Crippen LogP contribution in [0.4, 0.5) is 13.2 Å². The first kappa shape index (κ1) is 25.2. The first-order valence-corrected chi connectivity index (χ1v) is 10.4. The standard InChI is InChI=1S/C24H25F3N2O5/c1-15-19(29-21(34-15)17-6-8-18(9-7-17)24(25,26)27)11-12-33-20-10-5-16(14-28-20)13-23(2,32-4)22(30)31-3/h5-10,14H,11-13H2,1-4H3. The van der Waals surface area contributed by atoms with Gasteiger partial charge in [0.2, 0.25) is 11.8 Å². The van der Waals surface area contributed by atoms with Gasteiger partial charge in [0.15, 0.2) is 5.60 Å². The van der Waals surface area contributed by atoms with Crippen LogP contribution in [0.25, 0.3) is 11.5 Å².